The molecule has 7 heteroatoms. The molecule has 0 aliphatic rings. The van der Waals surface area contributed by atoms with Gasteiger partial charge in [-0.3, -0.25) is 9.59 Å². The number of carbonyl (C=O) groups is 2. The number of nitrogens with one attached hydrogen (secondary N) is 1. The highest BCUT2D eigenvalue weighted by Gasteiger charge is 2.17. The summed E-state index contributed by atoms with van der Waals surface area (Å²) in [5, 5.41) is 2.22. The lowest BCUT2D eigenvalue weighted by Crippen LogP contribution is -2.27. The number of anilines is 1. The van der Waals surface area contributed by atoms with Crippen LogP contribution in [0.4, 0.5) is 14.5 Å². The number of amides is 2. The van der Waals surface area contributed by atoms with Gasteiger partial charge in [-0.05, 0) is 6.07 Å². The minimum absolute atomic E-state index is 0.0807. The highest BCUT2D eigenvalue weighted by Crippen LogP contribution is 2.19. The summed E-state index contributed by atoms with van der Waals surface area (Å²) in [7, 11) is 0. The lowest BCUT2D eigenvalue weighted by atomic mass is 10.1. The maximum Gasteiger partial charge on any atom is 0.251 e. The van der Waals surface area contributed by atoms with Crippen LogP contribution in [0.1, 0.15) is 17.3 Å². The van der Waals surface area contributed by atoms with Crippen molar-refractivity contribution in [3.05, 3.63) is 29.3 Å². The average Bonchev–Trinajstić information content (AvgIpc) is 2.30. The predicted octanol–water partition coefficient (Wildman–Crippen LogP) is 0.597. The zero-order chi connectivity index (χ0) is 13.9. The van der Waals surface area contributed by atoms with Crippen LogP contribution in [0.25, 0.3) is 0 Å². The third-order valence-electron chi connectivity index (χ3n) is 2.38. The smallest absolute Gasteiger partial charge is 0.251 e. The lowest BCUT2D eigenvalue weighted by molar-refractivity contribution is -0.119. The normalized spacial score (nSPS) is 12.0. The van der Waals surface area contributed by atoms with E-state index >= 15 is 0 Å². The predicted molar refractivity (Wildman–Crippen MR) is 61.7 cm³/mol. The summed E-state index contributed by atoms with van der Waals surface area (Å²) in [6, 6.07) is 1.34. The molecule has 0 bridgehead atoms. The summed E-state index contributed by atoms with van der Waals surface area (Å²) in [5.41, 5.74) is 9.39. The Labute approximate surface area is 102 Å². The Morgan fingerprint density at radius 2 is 1.94 bits per heavy atom. The number of hydrogen-bond acceptors (Lipinski definition) is 3. The van der Waals surface area contributed by atoms with Gasteiger partial charge in [-0.25, -0.2) is 8.78 Å². The minimum atomic E-state index is -1.08. The Morgan fingerprint density at radius 1 is 1.33 bits per heavy atom. The number of carbonyl (C=O) groups excluding carboxylic acids is 2. The van der Waals surface area contributed by atoms with Gasteiger partial charge in [-0.1, -0.05) is 6.92 Å². The minimum Gasteiger partial charge on any atom is -0.366 e. The average molecular weight is 257 g/mol. The highest BCUT2D eigenvalue weighted by atomic mass is 19.1. The maximum absolute atomic E-state index is 13.4. The Balaban J connectivity index is 3.06. The molecular weight excluding hydrogens is 244 g/mol. The zero-order valence-corrected chi connectivity index (χ0v) is 9.67. The van der Waals surface area contributed by atoms with Crippen LogP contribution in [0.15, 0.2) is 12.1 Å². The molecule has 1 aromatic rings. The molecule has 5 nitrogen and oxygen atoms in total. The fraction of sp³-hybridized carbons (Fsp3) is 0.273. The molecule has 1 rings (SSSR count). The van der Waals surface area contributed by atoms with Crippen molar-refractivity contribution in [3.63, 3.8) is 0 Å². The fourth-order valence-electron chi connectivity index (χ4n) is 1.20. The molecule has 1 aromatic carbocycles. The van der Waals surface area contributed by atoms with E-state index in [4.69, 9.17) is 11.5 Å². The Kier molecular flexibility index (Phi) is 4.33. The van der Waals surface area contributed by atoms with Gasteiger partial charge in [0.25, 0.3) is 5.91 Å². The van der Waals surface area contributed by atoms with Crippen molar-refractivity contribution in [1.82, 2.24) is 0 Å². The first kappa shape index (κ1) is 14.0. The third-order valence-corrected chi connectivity index (χ3v) is 2.38. The standard InChI is InChI=1S/C11H13F2N3O2/c1-5(4-14)11(18)16-9-2-6(10(15)17)7(12)3-8(9)13/h2-3,5H,4,14H2,1H3,(H2,15,17)(H,16,18). The van der Waals surface area contributed by atoms with E-state index in [0.717, 1.165) is 6.07 Å². The number of nitrogens with two attached hydrogens (primary N) is 2. The zero-order valence-electron chi connectivity index (χ0n) is 9.67. The molecule has 2 amide bonds. The SMILES string of the molecule is CC(CN)C(=O)Nc1cc(C(N)=O)c(F)cc1F. The summed E-state index contributed by atoms with van der Waals surface area (Å²) >= 11 is 0. The van der Waals surface area contributed by atoms with Gasteiger partial charge >= 0.3 is 0 Å². The maximum atomic E-state index is 13.4. The first-order chi connectivity index (χ1) is 8.36. The molecule has 0 fully saturated rings. The van der Waals surface area contributed by atoms with Crippen LogP contribution in [-0.4, -0.2) is 18.4 Å². The summed E-state index contributed by atoms with van der Waals surface area (Å²) in [5.74, 6) is -4.18. The van der Waals surface area contributed by atoms with Crippen LogP contribution in [-0.2, 0) is 4.79 Å². The molecule has 0 saturated carbocycles. The molecule has 0 radical (unpaired) electrons. The molecule has 0 aliphatic heterocycles. The summed E-state index contributed by atoms with van der Waals surface area (Å²) in [4.78, 5) is 22.4. The summed E-state index contributed by atoms with van der Waals surface area (Å²) in [6.07, 6.45) is 0. The van der Waals surface area contributed by atoms with Crippen LogP contribution in [0.3, 0.4) is 0 Å². The Hall–Kier alpha value is -2.02. The Morgan fingerprint density at radius 3 is 2.44 bits per heavy atom. The van der Waals surface area contributed by atoms with Crippen molar-refractivity contribution < 1.29 is 18.4 Å². The number of halogens is 2. The molecule has 0 saturated heterocycles. The van der Waals surface area contributed by atoms with Crippen molar-refractivity contribution in [2.45, 2.75) is 6.92 Å². The van der Waals surface area contributed by atoms with E-state index in [1.165, 1.54) is 0 Å². The largest absolute Gasteiger partial charge is 0.366 e. The molecule has 98 valence electrons. The van der Waals surface area contributed by atoms with Gasteiger partial charge in [0.2, 0.25) is 5.91 Å². The first-order valence-corrected chi connectivity index (χ1v) is 5.16. The molecule has 18 heavy (non-hydrogen) atoms. The van der Waals surface area contributed by atoms with Crippen LogP contribution in [0.5, 0.6) is 0 Å². The quantitative estimate of drug-likeness (QED) is 0.736. The van der Waals surface area contributed by atoms with Crippen LogP contribution < -0.4 is 16.8 Å². The van der Waals surface area contributed by atoms with Gasteiger partial charge in [-0.2, -0.15) is 0 Å². The topological polar surface area (TPSA) is 98.2 Å². The molecule has 0 heterocycles. The molecule has 1 atom stereocenters. The van der Waals surface area contributed by atoms with Crippen LogP contribution in [0.2, 0.25) is 0 Å². The molecule has 0 spiro atoms. The molecule has 0 aliphatic carbocycles. The molecular formula is C11H13F2N3O2. The molecule has 0 aromatic heterocycles. The molecule has 5 N–H and O–H groups in total. The van der Waals surface area contributed by atoms with Crippen molar-refractivity contribution in [1.29, 1.82) is 0 Å². The molecule has 1 unspecified atom stereocenters. The van der Waals surface area contributed by atoms with E-state index in [2.05, 4.69) is 5.32 Å². The van der Waals surface area contributed by atoms with Crippen molar-refractivity contribution in [2.24, 2.45) is 17.4 Å². The second-order valence-corrected chi connectivity index (χ2v) is 3.80. The van der Waals surface area contributed by atoms with Gasteiger partial charge in [0.1, 0.15) is 11.6 Å². The Bertz CT molecular complexity index is 491. The van der Waals surface area contributed by atoms with E-state index < -0.39 is 34.9 Å². The summed E-state index contributed by atoms with van der Waals surface area (Å²) < 4.78 is 26.6. The van der Waals surface area contributed by atoms with Crippen LogP contribution in [0, 0.1) is 17.6 Å². The van der Waals surface area contributed by atoms with E-state index in [0.29, 0.717) is 6.07 Å². The fourth-order valence-corrected chi connectivity index (χ4v) is 1.20. The van der Waals surface area contributed by atoms with E-state index in [1.54, 1.807) is 6.92 Å². The number of rotatable bonds is 4. The number of hydrogen-bond donors (Lipinski definition) is 3. The van der Waals surface area contributed by atoms with Crippen molar-refractivity contribution >= 4 is 17.5 Å². The van der Waals surface area contributed by atoms with Gasteiger partial charge in [0, 0.05) is 18.5 Å². The van der Waals surface area contributed by atoms with Crippen molar-refractivity contribution in [2.75, 3.05) is 11.9 Å². The van der Waals surface area contributed by atoms with Crippen LogP contribution >= 0.6 is 0 Å². The second kappa shape index (κ2) is 5.54. The third kappa shape index (κ3) is 3.01. The monoisotopic (exact) mass is 257 g/mol. The highest BCUT2D eigenvalue weighted by molar-refractivity contribution is 5.97. The van der Waals surface area contributed by atoms with Gasteiger partial charge in [-0.15, -0.1) is 0 Å². The second-order valence-electron chi connectivity index (χ2n) is 3.80. The van der Waals surface area contributed by atoms with E-state index in [-0.39, 0.29) is 12.2 Å². The van der Waals surface area contributed by atoms with E-state index in [1.807, 2.05) is 0 Å². The van der Waals surface area contributed by atoms with Gasteiger partial charge in [0.15, 0.2) is 0 Å². The lowest BCUT2D eigenvalue weighted by Gasteiger charge is -2.11. The van der Waals surface area contributed by atoms with E-state index in [9.17, 15) is 18.4 Å². The van der Waals surface area contributed by atoms with Gasteiger partial charge in [0.05, 0.1) is 11.3 Å². The summed E-state index contributed by atoms with van der Waals surface area (Å²) in [6.45, 7) is 1.63. The van der Waals surface area contributed by atoms with Gasteiger partial charge < -0.3 is 16.8 Å². The van der Waals surface area contributed by atoms with Crippen molar-refractivity contribution in [3.8, 4) is 0 Å². The number of benzene rings is 1. The number of primary amides is 1. The first-order valence-electron chi connectivity index (χ1n) is 5.16.